The maximum atomic E-state index is 3.67. The van der Waals surface area contributed by atoms with E-state index in [9.17, 15) is 0 Å². The summed E-state index contributed by atoms with van der Waals surface area (Å²) in [7, 11) is 0. The average Bonchev–Trinajstić information content (AvgIpc) is 3.61. The quantitative estimate of drug-likeness (QED) is 0.162. The van der Waals surface area contributed by atoms with E-state index in [0.717, 1.165) is 6.42 Å². The van der Waals surface area contributed by atoms with Crippen LogP contribution in [0.25, 0.3) is 11.1 Å². The van der Waals surface area contributed by atoms with Gasteiger partial charge in [0.05, 0.1) is 0 Å². The van der Waals surface area contributed by atoms with Gasteiger partial charge >= 0.3 is 151 Å². The van der Waals surface area contributed by atoms with Crippen LogP contribution in [0.1, 0.15) is 155 Å². The number of hydrogen-bond acceptors (Lipinski definition) is 0. The molecular weight excluding hydrogens is 787 g/mol. The summed E-state index contributed by atoms with van der Waals surface area (Å²) < 4.78 is 1.42. The van der Waals surface area contributed by atoms with Gasteiger partial charge in [-0.15, -0.1) is 11.1 Å². The molecule has 0 amide bonds. The van der Waals surface area contributed by atoms with Gasteiger partial charge in [-0.1, -0.05) is 105 Å². The Balaban J connectivity index is 0.000000298. The third-order valence-electron chi connectivity index (χ3n) is 10.5. The first-order valence-electron chi connectivity index (χ1n) is 19.7. The van der Waals surface area contributed by atoms with E-state index in [-0.39, 0.29) is 46.5 Å². The fraction of sp³-hybridized carbons (Fsp3) is 0.442. The molecule has 0 saturated heterocycles. The van der Waals surface area contributed by atoms with Crippen molar-refractivity contribution < 1.29 is 49.0 Å². The summed E-state index contributed by atoms with van der Waals surface area (Å²) in [4.78, 5) is 0. The molecule has 0 aliphatic heterocycles. The van der Waals surface area contributed by atoms with E-state index < -0.39 is 0 Å². The van der Waals surface area contributed by atoms with Crippen molar-refractivity contribution in [3.05, 3.63) is 153 Å². The van der Waals surface area contributed by atoms with E-state index in [0.29, 0.717) is 11.8 Å². The number of benzene rings is 4. The van der Waals surface area contributed by atoms with Crippen molar-refractivity contribution in [2.75, 3.05) is 0 Å². The van der Waals surface area contributed by atoms with Gasteiger partial charge in [-0.25, -0.2) is 5.57 Å². The molecule has 4 aromatic rings. The minimum atomic E-state index is 0. The van der Waals surface area contributed by atoms with Crippen molar-refractivity contribution in [1.82, 2.24) is 0 Å². The average molecular weight is 853 g/mol. The second kappa shape index (κ2) is 19.0. The van der Waals surface area contributed by atoms with Crippen molar-refractivity contribution in [2.24, 2.45) is 11.8 Å². The third-order valence-corrected chi connectivity index (χ3v) is 11.9. The van der Waals surface area contributed by atoms with Gasteiger partial charge in [0.15, 0.2) is 0 Å². The standard InChI is InChI=1S/C21H25.C21H26.C10H15.2ClH.Zr/c1-20(2,3)16-7-9-18-14(12-16)11-15-13-17(21(4,5)6)8-10-19(15)18;1-20(2,3)18-11-7-16(8-12-18)15-17-9-13-19(14-10-17)21(4,5)6;1-7(2)10-6-8(3)5-9(10)4;;;/h7-10,12H,11H2,1-6H3;7-14H,1-6H3;6-8H,1-4H3;2*1H;/q-1;;-1;;;+2/p-2. The molecule has 2 aliphatic rings. The zero-order valence-corrected chi connectivity index (χ0v) is 40.7. The molecule has 4 aromatic carbocycles. The minimum Gasteiger partial charge on any atom is -1.00 e. The largest absolute Gasteiger partial charge is 1.00 e. The van der Waals surface area contributed by atoms with Gasteiger partial charge in [-0.2, -0.15) is 35.4 Å². The molecule has 294 valence electrons. The van der Waals surface area contributed by atoms with Crippen molar-refractivity contribution in [1.29, 1.82) is 0 Å². The van der Waals surface area contributed by atoms with Crippen LogP contribution in [0.4, 0.5) is 0 Å². The first-order valence-corrected chi connectivity index (χ1v) is 20.9. The fourth-order valence-corrected chi connectivity index (χ4v) is 7.77. The fourth-order valence-electron chi connectivity index (χ4n) is 6.95. The first-order chi connectivity index (χ1) is 24.4. The predicted molar refractivity (Wildman–Crippen MR) is 229 cm³/mol. The molecule has 0 heterocycles. The zero-order valence-electron chi connectivity index (χ0n) is 36.7. The van der Waals surface area contributed by atoms with Gasteiger partial charge < -0.3 is 24.8 Å². The second-order valence-electron chi connectivity index (χ2n) is 19.7. The molecule has 0 saturated carbocycles. The summed E-state index contributed by atoms with van der Waals surface area (Å²) in [6, 6.07) is 33.3. The van der Waals surface area contributed by atoms with Crippen LogP contribution < -0.4 is 24.8 Å². The third kappa shape index (κ3) is 12.8. The van der Waals surface area contributed by atoms with Crippen molar-refractivity contribution >= 4 is 3.21 Å². The summed E-state index contributed by atoms with van der Waals surface area (Å²) in [5.74, 6) is 1.20. The Kier molecular flexibility index (Phi) is 16.8. The molecule has 0 fully saturated rings. The monoisotopic (exact) mass is 850 g/mol. The van der Waals surface area contributed by atoms with Crippen LogP contribution in [-0.4, -0.2) is 3.21 Å². The van der Waals surface area contributed by atoms with E-state index in [4.69, 9.17) is 0 Å². The van der Waals surface area contributed by atoms with Crippen molar-refractivity contribution in [3.63, 3.8) is 0 Å². The molecule has 2 aliphatic carbocycles. The van der Waals surface area contributed by atoms with E-state index in [1.807, 2.05) is 0 Å². The molecule has 1 unspecified atom stereocenters. The molecule has 0 aromatic heterocycles. The minimum absolute atomic E-state index is 0. The van der Waals surface area contributed by atoms with Gasteiger partial charge in [0.25, 0.3) is 0 Å². The first kappa shape index (κ1) is 48.8. The normalized spacial score (nSPS) is 14.9. The Bertz CT molecular complexity index is 1840. The molecule has 0 nitrogen and oxygen atoms in total. The Morgan fingerprint density at radius 3 is 1.42 bits per heavy atom. The smallest absolute Gasteiger partial charge is 0.0733 e. The van der Waals surface area contributed by atoms with Crippen LogP contribution in [0.15, 0.2) is 96.1 Å². The van der Waals surface area contributed by atoms with Gasteiger partial charge in [-0.05, 0) is 28.4 Å². The van der Waals surface area contributed by atoms with E-state index in [2.05, 4.69) is 208 Å². The summed E-state index contributed by atoms with van der Waals surface area (Å²) in [6.07, 6.45) is 6.70. The van der Waals surface area contributed by atoms with Crippen LogP contribution in [0.2, 0.25) is 0 Å². The van der Waals surface area contributed by atoms with E-state index >= 15 is 0 Å². The summed E-state index contributed by atoms with van der Waals surface area (Å²) in [5.41, 5.74) is 17.4. The second-order valence-corrected chi connectivity index (χ2v) is 20.9. The molecule has 0 spiro atoms. The molecule has 6 rings (SSSR count). The van der Waals surface area contributed by atoms with Crippen LogP contribution in [-0.2, 0) is 52.3 Å². The zero-order chi connectivity index (χ0) is 39.7. The van der Waals surface area contributed by atoms with Crippen molar-refractivity contribution in [3.8, 4) is 11.1 Å². The van der Waals surface area contributed by atoms with Crippen LogP contribution in [0.3, 0.4) is 0 Å². The molecule has 0 bridgehead atoms. The number of hydrogen-bond donors (Lipinski definition) is 0. The maximum Gasteiger partial charge on any atom is -0.0733 e. The summed E-state index contributed by atoms with van der Waals surface area (Å²) >= 11 is 1.46. The number of allylic oxidation sites excluding steroid dienone is 4. The number of rotatable bonds is 3. The molecule has 0 radical (unpaired) electrons. The molecule has 0 N–H and O–H groups in total. The Morgan fingerprint density at radius 1 is 0.618 bits per heavy atom. The van der Waals surface area contributed by atoms with Gasteiger partial charge in [-0.3, -0.25) is 6.08 Å². The van der Waals surface area contributed by atoms with Crippen molar-refractivity contribution in [2.45, 2.75) is 139 Å². The maximum absolute atomic E-state index is 3.67. The SMILES string of the molecule is CC(C)(C)c1[c-]c2c(cc1)-c1ccc(C(C)(C)C)cc1C2.CC(C)(C)c1ccc([C](=[Zr+2])c2ccc(C(C)(C)C)cc2)cc1.CC1=[C-]C(C)C=C1C(C)C.[Cl-].[Cl-]. The van der Waals surface area contributed by atoms with Gasteiger partial charge in [0, 0.05) is 0 Å². The molecule has 55 heavy (non-hydrogen) atoms. The Labute approximate surface area is 364 Å². The van der Waals surface area contributed by atoms with E-state index in [1.165, 1.54) is 94.2 Å². The number of fused-ring (bicyclic) bond motifs is 3. The molecule has 3 heteroatoms. The number of halogens is 2. The van der Waals surface area contributed by atoms with Crippen LogP contribution in [0.5, 0.6) is 0 Å². The molecule has 1 atom stereocenters. The Hall–Kier alpha value is -2.31. The van der Waals surface area contributed by atoms with Gasteiger partial charge in [0.2, 0.25) is 0 Å². The summed E-state index contributed by atoms with van der Waals surface area (Å²) in [5, 5.41) is 0. The van der Waals surface area contributed by atoms with Crippen LogP contribution >= 0.6 is 0 Å². The Morgan fingerprint density at radius 2 is 1.05 bits per heavy atom. The summed E-state index contributed by atoms with van der Waals surface area (Å²) in [6.45, 7) is 35.9. The predicted octanol–water partition coefficient (Wildman–Crippen LogP) is 8.03. The topological polar surface area (TPSA) is 0 Å². The van der Waals surface area contributed by atoms with Gasteiger partial charge in [0.1, 0.15) is 0 Å². The van der Waals surface area contributed by atoms with E-state index in [1.54, 1.807) is 0 Å². The van der Waals surface area contributed by atoms with Crippen LogP contribution in [0, 0.1) is 24.0 Å². The molecular formula is C52H66Cl2Zr-2.